The van der Waals surface area contributed by atoms with E-state index in [4.69, 9.17) is 4.74 Å². The molecule has 0 saturated carbocycles. The molecular formula is C20H24N4O5. The Kier molecular flexibility index (Phi) is 6.63. The van der Waals surface area contributed by atoms with E-state index in [1.54, 1.807) is 30.5 Å². The maximum atomic E-state index is 12.4. The van der Waals surface area contributed by atoms with Gasteiger partial charge in [0.2, 0.25) is 6.54 Å². The van der Waals surface area contributed by atoms with Crippen LogP contribution in [0.15, 0.2) is 36.5 Å². The fourth-order valence-corrected chi connectivity index (χ4v) is 3.05. The van der Waals surface area contributed by atoms with E-state index in [1.165, 1.54) is 0 Å². The molecule has 0 bridgehead atoms. The molecule has 9 heteroatoms. The molecule has 2 unspecified atom stereocenters. The number of rotatable bonds is 10. The Hall–Kier alpha value is -3.17. The van der Waals surface area contributed by atoms with Gasteiger partial charge in [0, 0.05) is 35.8 Å². The van der Waals surface area contributed by atoms with Crippen molar-refractivity contribution in [3.05, 3.63) is 57.9 Å². The van der Waals surface area contributed by atoms with Gasteiger partial charge in [-0.25, -0.2) is 0 Å². The predicted octanol–water partition coefficient (Wildman–Crippen LogP) is 1.89. The maximum Gasteiger partial charge on any atom is 0.256 e. The van der Waals surface area contributed by atoms with E-state index in [-0.39, 0.29) is 36.6 Å². The Morgan fingerprint density at radius 1 is 1.34 bits per heavy atom. The van der Waals surface area contributed by atoms with Crippen molar-refractivity contribution in [2.75, 3.05) is 25.0 Å². The number of amides is 1. The molecule has 1 aromatic heterocycles. The third-order valence-electron chi connectivity index (χ3n) is 4.59. The summed E-state index contributed by atoms with van der Waals surface area (Å²) in [5.41, 5.74) is 2.60. The molecule has 1 aliphatic rings. The Balaban J connectivity index is 1.62. The van der Waals surface area contributed by atoms with E-state index in [2.05, 4.69) is 15.6 Å². The quantitative estimate of drug-likeness (QED) is 0.274. The van der Waals surface area contributed by atoms with Crippen LogP contribution in [0.1, 0.15) is 24.6 Å². The normalized spacial score (nSPS) is 16.3. The molecule has 29 heavy (non-hydrogen) atoms. The highest BCUT2D eigenvalue weighted by Crippen LogP contribution is 2.39. The Morgan fingerprint density at radius 2 is 2.17 bits per heavy atom. The highest BCUT2D eigenvalue weighted by molar-refractivity contribution is 6.35. The first kappa shape index (κ1) is 20.6. The summed E-state index contributed by atoms with van der Waals surface area (Å²) < 4.78 is 5.80. The summed E-state index contributed by atoms with van der Waals surface area (Å²) in [6.07, 6.45) is 3.11. The number of ether oxygens (including phenoxy) is 1. The highest BCUT2D eigenvalue weighted by atomic mass is 16.6. The van der Waals surface area contributed by atoms with Crippen LogP contribution in [0.4, 0.5) is 5.69 Å². The van der Waals surface area contributed by atoms with Crippen LogP contribution in [0.2, 0.25) is 0 Å². The number of benzene rings is 1. The molecule has 4 N–H and O–H groups in total. The average Bonchev–Trinajstić information content (AvgIpc) is 3.31. The minimum Gasteiger partial charge on any atom is -0.490 e. The Bertz CT molecular complexity index is 894. The number of anilines is 1. The van der Waals surface area contributed by atoms with Crippen molar-refractivity contribution in [1.82, 2.24) is 10.3 Å². The van der Waals surface area contributed by atoms with Crippen LogP contribution in [0.5, 0.6) is 5.75 Å². The van der Waals surface area contributed by atoms with Crippen molar-refractivity contribution >= 4 is 23.2 Å². The van der Waals surface area contributed by atoms with E-state index in [9.17, 15) is 20.0 Å². The van der Waals surface area contributed by atoms with Crippen molar-refractivity contribution in [3.63, 3.8) is 0 Å². The molecule has 0 fully saturated rings. The summed E-state index contributed by atoms with van der Waals surface area (Å²) in [4.78, 5) is 25.5. The predicted molar refractivity (Wildman–Crippen MR) is 109 cm³/mol. The van der Waals surface area contributed by atoms with Gasteiger partial charge in [0.25, 0.3) is 5.91 Å². The standard InChI is InChI=1S/C20H24N4O5/c1-13(7-9-24(27)28)22-11-15(25)12-29-18-6-2-5-17-19(18)16(20(26)23-17)10-14-4-3-8-21-14/h2-6,8,10,13,15,21-22,25H,7,9,11-12H2,1H3,(H,23,26)/b16-10-. The van der Waals surface area contributed by atoms with Gasteiger partial charge in [-0.1, -0.05) is 6.07 Å². The van der Waals surface area contributed by atoms with Gasteiger partial charge in [-0.3, -0.25) is 14.9 Å². The fourth-order valence-electron chi connectivity index (χ4n) is 3.05. The van der Waals surface area contributed by atoms with E-state index >= 15 is 0 Å². The minimum absolute atomic E-state index is 0.0232. The van der Waals surface area contributed by atoms with Crippen LogP contribution in [0.25, 0.3) is 11.6 Å². The number of fused-ring (bicyclic) bond motifs is 1. The van der Waals surface area contributed by atoms with Gasteiger partial charge in [0.1, 0.15) is 18.5 Å². The molecule has 1 aliphatic heterocycles. The van der Waals surface area contributed by atoms with Crippen LogP contribution in [-0.4, -0.2) is 52.8 Å². The highest BCUT2D eigenvalue weighted by Gasteiger charge is 2.28. The van der Waals surface area contributed by atoms with Gasteiger partial charge in [-0.15, -0.1) is 0 Å². The number of carbonyl (C=O) groups is 1. The number of hydrogen-bond donors (Lipinski definition) is 4. The lowest BCUT2D eigenvalue weighted by molar-refractivity contribution is -0.480. The first-order valence-corrected chi connectivity index (χ1v) is 9.40. The summed E-state index contributed by atoms with van der Waals surface area (Å²) in [5, 5.41) is 26.5. The molecule has 2 aromatic rings. The van der Waals surface area contributed by atoms with Crippen molar-refractivity contribution in [1.29, 1.82) is 0 Å². The number of hydrogen-bond acceptors (Lipinski definition) is 6. The van der Waals surface area contributed by atoms with Gasteiger partial charge in [-0.05, 0) is 37.3 Å². The molecule has 0 aliphatic carbocycles. The third-order valence-corrected chi connectivity index (χ3v) is 4.59. The molecule has 9 nitrogen and oxygen atoms in total. The Labute approximate surface area is 167 Å². The number of carbonyl (C=O) groups excluding carboxylic acids is 1. The first-order chi connectivity index (χ1) is 13.9. The number of nitro groups is 1. The van der Waals surface area contributed by atoms with Gasteiger partial charge < -0.3 is 25.5 Å². The second-order valence-corrected chi connectivity index (χ2v) is 6.94. The monoisotopic (exact) mass is 400 g/mol. The van der Waals surface area contributed by atoms with Gasteiger partial charge in [0.15, 0.2) is 0 Å². The van der Waals surface area contributed by atoms with Crippen LogP contribution in [-0.2, 0) is 4.79 Å². The first-order valence-electron chi connectivity index (χ1n) is 9.40. The lowest BCUT2D eigenvalue weighted by atomic mass is 10.0. The molecular weight excluding hydrogens is 376 g/mol. The summed E-state index contributed by atoms with van der Waals surface area (Å²) >= 11 is 0. The molecule has 0 saturated heterocycles. The summed E-state index contributed by atoms with van der Waals surface area (Å²) in [6.45, 7) is 1.98. The van der Waals surface area contributed by atoms with Crippen LogP contribution in [0, 0.1) is 10.1 Å². The van der Waals surface area contributed by atoms with E-state index in [0.717, 1.165) is 5.69 Å². The molecule has 2 atom stereocenters. The molecule has 1 aromatic carbocycles. The van der Waals surface area contributed by atoms with Crippen molar-refractivity contribution in [2.45, 2.75) is 25.5 Å². The number of aromatic nitrogens is 1. The van der Waals surface area contributed by atoms with Crippen LogP contribution >= 0.6 is 0 Å². The van der Waals surface area contributed by atoms with Crippen LogP contribution < -0.4 is 15.4 Å². The number of aromatic amines is 1. The number of aliphatic hydroxyl groups excluding tert-OH is 1. The van der Waals surface area contributed by atoms with Gasteiger partial charge in [0.05, 0.1) is 16.8 Å². The summed E-state index contributed by atoms with van der Waals surface area (Å²) in [7, 11) is 0. The number of H-pyrrole nitrogens is 1. The number of aliphatic hydroxyl groups is 1. The topological polar surface area (TPSA) is 130 Å². The molecule has 154 valence electrons. The maximum absolute atomic E-state index is 12.4. The Morgan fingerprint density at radius 3 is 2.90 bits per heavy atom. The van der Waals surface area contributed by atoms with Gasteiger partial charge in [-0.2, -0.15) is 0 Å². The summed E-state index contributed by atoms with van der Waals surface area (Å²) in [6, 6.07) is 8.94. The molecule has 0 spiro atoms. The average molecular weight is 400 g/mol. The molecule has 0 radical (unpaired) electrons. The summed E-state index contributed by atoms with van der Waals surface area (Å²) in [5.74, 6) is 0.284. The van der Waals surface area contributed by atoms with Crippen molar-refractivity contribution in [3.8, 4) is 5.75 Å². The SMILES string of the molecule is CC(CC[N+](=O)[O-])NCC(O)COc1cccc2c1/C(=C/c1ccc[nH]1)C(=O)N2. The van der Waals surface area contributed by atoms with Crippen molar-refractivity contribution in [2.24, 2.45) is 0 Å². The zero-order chi connectivity index (χ0) is 20.8. The second kappa shape index (κ2) is 9.35. The largest absolute Gasteiger partial charge is 0.490 e. The molecule has 1 amide bonds. The third kappa shape index (κ3) is 5.43. The molecule has 3 rings (SSSR count). The zero-order valence-corrected chi connectivity index (χ0v) is 16.1. The van der Waals surface area contributed by atoms with Crippen molar-refractivity contribution < 1.29 is 19.6 Å². The number of nitrogens with zero attached hydrogens (tertiary/aromatic N) is 1. The number of nitrogens with one attached hydrogen (secondary N) is 3. The lowest BCUT2D eigenvalue weighted by Gasteiger charge is -2.17. The zero-order valence-electron chi connectivity index (χ0n) is 16.1. The van der Waals surface area contributed by atoms with E-state index in [1.807, 2.05) is 19.1 Å². The van der Waals surface area contributed by atoms with Gasteiger partial charge >= 0.3 is 0 Å². The smallest absolute Gasteiger partial charge is 0.256 e. The van der Waals surface area contributed by atoms with Crippen LogP contribution in [0.3, 0.4) is 0 Å². The molecule has 2 heterocycles. The lowest BCUT2D eigenvalue weighted by Crippen LogP contribution is -2.37. The van der Waals surface area contributed by atoms with E-state index in [0.29, 0.717) is 29.0 Å². The minimum atomic E-state index is -0.801. The second-order valence-electron chi connectivity index (χ2n) is 6.94. The fraction of sp³-hybridized carbons (Fsp3) is 0.350. The van der Waals surface area contributed by atoms with E-state index < -0.39 is 6.10 Å².